The van der Waals surface area contributed by atoms with Gasteiger partial charge in [-0.15, -0.1) is 0 Å². The molecule has 2 atom stereocenters. The van der Waals surface area contributed by atoms with Gasteiger partial charge in [0.05, 0.1) is 11.6 Å². The number of carbonyl (C=O) groups is 1. The van der Waals surface area contributed by atoms with Crippen LogP contribution in [0.4, 0.5) is 0 Å². The molecule has 3 N–H and O–H groups in total. The number of carboxylic acid groups (broad SMARTS) is 1. The summed E-state index contributed by atoms with van der Waals surface area (Å²) in [7, 11) is 0. The molecule has 0 saturated heterocycles. The van der Waals surface area contributed by atoms with Gasteiger partial charge in [0.15, 0.2) is 0 Å². The van der Waals surface area contributed by atoms with Gasteiger partial charge in [0.25, 0.3) is 0 Å². The van der Waals surface area contributed by atoms with Crippen molar-refractivity contribution in [3.05, 3.63) is 0 Å². The van der Waals surface area contributed by atoms with Gasteiger partial charge in [-0.05, 0) is 5.92 Å². The Balaban J connectivity index is 2.39. The van der Waals surface area contributed by atoms with Crippen LogP contribution in [0.15, 0.2) is 4.99 Å². The van der Waals surface area contributed by atoms with E-state index in [9.17, 15) is 4.79 Å². The highest BCUT2D eigenvalue weighted by Gasteiger charge is 2.26. The standard InChI is InChI=1S/C9H16N2O2S/c1-5(2)6(10)3-8-11-4-7(14-8)9(12)13/h5-7H,3-4,10H2,1-2H3,(H,12,13). The maximum absolute atomic E-state index is 10.6. The largest absolute Gasteiger partial charge is 0.480 e. The summed E-state index contributed by atoms with van der Waals surface area (Å²) >= 11 is 1.33. The van der Waals surface area contributed by atoms with E-state index in [1.165, 1.54) is 11.8 Å². The summed E-state index contributed by atoms with van der Waals surface area (Å²) in [5.74, 6) is -0.381. The van der Waals surface area contributed by atoms with Crippen molar-refractivity contribution in [1.29, 1.82) is 0 Å². The van der Waals surface area contributed by atoms with Crippen LogP contribution < -0.4 is 5.73 Å². The molecule has 2 unspecified atom stereocenters. The van der Waals surface area contributed by atoms with Crippen LogP contribution in [0.2, 0.25) is 0 Å². The Morgan fingerprint density at radius 2 is 2.43 bits per heavy atom. The van der Waals surface area contributed by atoms with E-state index in [0.717, 1.165) is 5.04 Å². The van der Waals surface area contributed by atoms with E-state index in [0.29, 0.717) is 18.9 Å². The molecule has 0 bridgehead atoms. The number of carboxylic acids is 1. The molecule has 0 radical (unpaired) electrons. The SMILES string of the molecule is CC(C)C(N)CC1=NCC(C(=O)O)S1. The van der Waals surface area contributed by atoms with E-state index in [1.54, 1.807) is 0 Å². The molecular formula is C9H16N2O2S. The summed E-state index contributed by atoms with van der Waals surface area (Å²) in [4.78, 5) is 14.8. The summed E-state index contributed by atoms with van der Waals surface area (Å²) in [6, 6.07) is 0.0776. The van der Waals surface area contributed by atoms with Gasteiger partial charge in [-0.3, -0.25) is 9.79 Å². The second-order valence-corrected chi connectivity index (χ2v) is 5.07. The number of aliphatic imine (C=N–C) groups is 1. The topological polar surface area (TPSA) is 75.7 Å². The van der Waals surface area contributed by atoms with E-state index in [1.807, 2.05) is 0 Å². The van der Waals surface area contributed by atoms with Crippen molar-refractivity contribution in [1.82, 2.24) is 0 Å². The highest BCUT2D eigenvalue weighted by atomic mass is 32.2. The molecule has 1 aliphatic rings. The number of rotatable bonds is 4. The summed E-state index contributed by atoms with van der Waals surface area (Å²) < 4.78 is 0. The lowest BCUT2D eigenvalue weighted by Gasteiger charge is -2.14. The van der Waals surface area contributed by atoms with Gasteiger partial charge in [-0.2, -0.15) is 0 Å². The van der Waals surface area contributed by atoms with Crippen LogP contribution in [0.5, 0.6) is 0 Å². The first kappa shape index (κ1) is 11.5. The second-order valence-electron chi connectivity index (χ2n) is 3.79. The van der Waals surface area contributed by atoms with Crippen LogP contribution in [-0.2, 0) is 4.79 Å². The first-order valence-electron chi connectivity index (χ1n) is 4.69. The maximum Gasteiger partial charge on any atom is 0.318 e. The fourth-order valence-corrected chi connectivity index (χ4v) is 2.12. The zero-order valence-corrected chi connectivity index (χ0v) is 9.25. The fraction of sp³-hybridized carbons (Fsp3) is 0.778. The number of nitrogens with two attached hydrogens (primary N) is 1. The molecule has 80 valence electrons. The summed E-state index contributed by atoms with van der Waals surface area (Å²) in [6.45, 7) is 4.50. The van der Waals surface area contributed by atoms with Crippen molar-refractivity contribution >= 4 is 22.8 Å². The minimum atomic E-state index is -0.785. The van der Waals surface area contributed by atoms with E-state index in [2.05, 4.69) is 18.8 Å². The van der Waals surface area contributed by atoms with Crippen molar-refractivity contribution in [2.24, 2.45) is 16.6 Å². The van der Waals surface area contributed by atoms with Gasteiger partial charge in [0.2, 0.25) is 0 Å². The monoisotopic (exact) mass is 216 g/mol. The number of nitrogens with zero attached hydrogens (tertiary/aromatic N) is 1. The third kappa shape index (κ3) is 2.99. The first-order chi connectivity index (χ1) is 6.50. The average Bonchev–Trinajstić information content (AvgIpc) is 2.52. The molecule has 5 heteroatoms. The number of hydrogen-bond donors (Lipinski definition) is 2. The Hall–Kier alpha value is -0.550. The maximum atomic E-state index is 10.6. The van der Waals surface area contributed by atoms with Crippen molar-refractivity contribution < 1.29 is 9.90 Å². The van der Waals surface area contributed by atoms with Crippen LogP contribution in [0.25, 0.3) is 0 Å². The Kier molecular flexibility index (Phi) is 3.95. The van der Waals surface area contributed by atoms with Crippen molar-refractivity contribution in [2.75, 3.05) is 6.54 Å². The van der Waals surface area contributed by atoms with E-state index in [4.69, 9.17) is 10.8 Å². The average molecular weight is 216 g/mol. The number of aliphatic carboxylic acids is 1. The Bertz CT molecular complexity index is 253. The predicted octanol–water partition coefficient (Wildman–Crippen LogP) is 0.958. The minimum Gasteiger partial charge on any atom is -0.480 e. The molecule has 0 spiro atoms. The molecule has 0 amide bonds. The molecule has 0 aromatic carbocycles. The summed E-state index contributed by atoms with van der Waals surface area (Å²) in [5, 5.41) is 9.24. The lowest BCUT2D eigenvalue weighted by atomic mass is 10.0. The molecule has 4 nitrogen and oxygen atoms in total. The van der Waals surface area contributed by atoms with Gasteiger partial charge < -0.3 is 10.8 Å². The molecule has 14 heavy (non-hydrogen) atoms. The first-order valence-corrected chi connectivity index (χ1v) is 5.57. The number of thioether (sulfide) groups is 1. The fourth-order valence-electron chi connectivity index (χ4n) is 1.10. The van der Waals surface area contributed by atoms with Crippen molar-refractivity contribution in [2.45, 2.75) is 31.6 Å². The predicted molar refractivity (Wildman–Crippen MR) is 58.7 cm³/mol. The van der Waals surface area contributed by atoms with Crippen LogP contribution in [-0.4, -0.2) is 34.0 Å². The Labute approximate surface area is 88.0 Å². The van der Waals surface area contributed by atoms with Crippen molar-refractivity contribution in [3.63, 3.8) is 0 Å². The van der Waals surface area contributed by atoms with Gasteiger partial charge in [0, 0.05) is 12.5 Å². The van der Waals surface area contributed by atoms with Gasteiger partial charge in [-0.25, -0.2) is 0 Å². The smallest absolute Gasteiger partial charge is 0.318 e. The Morgan fingerprint density at radius 1 is 1.79 bits per heavy atom. The lowest BCUT2D eigenvalue weighted by molar-refractivity contribution is -0.136. The molecule has 0 aliphatic carbocycles. The van der Waals surface area contributed by atoms with Crippen LogP contribution >= 0.6 is 11.8 Å². The zero-order chi connectivity index (χ0) is 10.7. The normalized spacial score (nSPS) is 23.7. The third-order valence-electron chi connectivity index (χ3n) is 2.25. The highest BCUT2D eigenvalue weighted by molar-refractivity contribution is 8.15. The molecule has 0 aromatic heterocycles. The highest BCUT2D eigenvalue weighted by Crippen LogP contribution is 2.24. The zero-order valence-electron chi connectivity index (χ0n) is 8.43. The van der Waals surface area contributed by atoms with Gasteiger partial charge in [0.1, 0.15) is 5.25 Å². The van der Waals surface area contributed by atoms with Crippen LogP contribution in [0.3, 0.4) is 0 Å². The summed E-state index contributed by atoms with van der Waals surface area (Å²) in [6.07, 6.45) is 0.701. The number of hydrogen-bond acceptors (Lipinski definition) is 4. The van der Waals surface area contributed by atoms with E-state index < -0.39 is 11.2 Å². The summed E-state index contributed by atoms with van der Waals surface area (Å²) in [5.41, 5.74) is 5.88. The molecule has 1 heterocycles. The van der Waals surface area contributed by atoms with Gasteiger partial charge in [-0.1, -0.05) is 25.6 Å². The lowest BCUT2D eigenvalue weighted by Crippen LogP contribution is -2.28. The molecular weight excluding hydrogens is 200 g/mol. The Morgan fingerprint density at radius 3 is 2.86 bits per heavy atom. The van der Waals surface area contributed by atoms with Gasteiger partial charge >= 0.3 is 5.97 Å². The van der Waals surface area contributed by atoms with Crippen LogP contribution in [0.1, 0.15) is 20.3 Å². The molecule has 1 aliphatic heterocycles. The van der Waals surface area contributed by atoms with Crippen molar-refractivity contribution in [3.8, 4) is 0 Å². The molecule has 0 aromatic rings. The van der Waals surface area contributed by atoms with E-state index >= 15 is 0 Å². The van der Waals surface area contributed by atoms with Crippen LogP contribution in [0, 0.1) is 5.92 Å². The molecule has 0 saturated carbocycles. The van der Waals surface area contributed by atoms with E-state index in [-0.39, 0.29) is 6.04 Å². The molecule has 1 rings (SSSR count). The molecule has 0 fully saturated rings. The minimum absolute atomic E-state index is 0.0776. The third-order valence-corrected chi connectivity index (χ3v) is 3.46. The quantitative estimate of drug-likeness (QED) is 0.734. The second kappa shape index (κ2) is 4.79.